The van der Waals surface area contributed by atoms with Gasteiger partial charge in [0.05, 0.1) is 6.61 Å². The summed E-state index contributed by atoms with van der Waals surface area (Å²) in [5.74, 6) is -1.20. The van der Waals surface area contributed by atoms with Crippen LogP contribution >= 0.6 is 0 Å². The molecule has 1 unspecified atom stereocenters. The second-order valence-corrected chi connectivity index (χ2v) is 4.89. The maximum Gasteiger partial charge on any atom is 0.332 e. The van der Waals surface area contributed by atoms with E-state index >= 15 is 0 Å². The van der Waals surface area contributed by atoms with Gasteiger partial charge in [-0.1, -0.05) is 0 Å². The van der Waals surface area contributed by atoms with Crippen molar-refractivity contribution in [1.29, 1.82) is 0 Å². The molecule has 0 aromatic heterocycles. The van der Waals surface area contributed by atoms with E-state index < -0.39 is 49.3 Å². The van der Waals surface area contributed by atoms with Crippen LogP contribution in [0.3, 0.4) is 0 Å². The van der Waals surface area contributed by atoms with Gasteiger partial charge in [0.15, 0.2) is 12.4 Å². The summed E-state index contributed by atoms with van der Waals surface area (Å²) in [6, 6.07) is -0.959. The molecule has 0 radical (unpaired) electrons. The van der Waals surface area contributed by atoms with Crippen LogP contribution in [0, 0.1) is 0 Å². The van der Waals surface area contributed by atoms with Gasteiger partial charge in [0.2, 0.25) is 0 Å². The van der Waals surface area contributed by atoms with Gasteiger partial charge in [-0.2, -0.15) is 0 Å². The van der Waals surface area contributed by atoms with E-state index in [0.29, 0.717) is 5.71 Å². The van der Waals surface area contributed by atoms with E-state index in [9.17, 15) is 15.0 Å². The van der Waals surface area contributed by atoms with Crippen LogP contribution in [0.15, 0.2) is 4.99 Å². The molecule has 1 aliphatic rings. The number of hydrogen-bond donors (Lipinski definition) is 4. The molecule has 0 aliphatic carbocycles. The van der Waals surface area contributed by atoms with Crippen molar-refractivity contribution in [2.45, 2.75) is 57.5 Å². The molecule has 1 fully saturated rings. The number of nitrogens with zero attached hydrogens (tertiary/aromatic N) is 1. The zero-order valence-corrected chi connectivity index (χ0v) is 11.6. The summed E-state index contributed by atoms with van der Waals surface area (Å²) in [5.41, 5.74) is 0.615. The predicted molar refractivity (Wildman–Crippen MR) is 68.5 cm³/mol. The topological polar surface area (TPSA) is 129 Å². The molecule has 0 saturated carbocycles. The number of aliphatic imine (C=N–C) groups is 1. The highest BCUT2D eigenvalue weighted by molar-refractivity contribution is 5.79. The van der Waals surface area contributed by atoms with Crippen LogP contribution in [0.25, 0.3) is 0 Å². The highest BCUT2D eigenvalue weighted by atomic mass is 16.6. The van der Waals surface area contributed by atoms with Gasteiger partial charge < -0.3 is 29.9 Å². The fourth-order valence-corrected chi connectivity index (χ4v) is 1.96. The van der Waals surface area contributed by atoms with Gasteiger partial charge in [-0.25, -0.2) is 4.79 Å². The molecular weight excluding hydrogens is 270 g/mol. The Hall–Kier alpha value is -1.06. The van der Waals surface area contributed by atoms with Crippen molar-refractivity contribution in [2.24, 2.45) is 4.99 Å². The molecule has 20 heavy (non-hydrogen) atoms. The van der Waals surface area contributed by atoms with Gasteiger partial charge >= 0.3 is 5.97 Å². The number of ether oxygens (including phenoxy) is 2. The molecule has 1 aliphatic heterocycles. The zero-order valence-electron chi connectivity index (χ0n) is 11.6. The number of carbonyl (C=O) groups is 1. The van der Waals surface area contributed by atoms with Gasteiger partial charge in [0.1, 0.15) is 24.4 Å². The highest BCUT2D eigenvalue weighted by Crippen LogP contribution is 2.26. The van der Waals surface area contributed by atoms with Crippen molar-refractivity contribution in [3.8, 4) is 0 Å². The SMILES string of the molecule is CC(C)=N[C@H]1C(O)O[C@H](CO)[C@@H](O)[C@@H]1O[C@H](C)C(=O)O. The lowest BCUT2D eigenvalue weighted by Crippen LogP contribution is -2.60. The van der Waals surface area contributed by atoms with Gasteiger partial charge in [-0.3, -0.25) is 4.99 Å². The smallest absolute Gasteiger partial charge is 0.332 e. The Morgan fingerprint density at radius 2 is 2.00 bits per heavy atom. The molecular formula is C12H21NO7. The zero-order chi connectivity index (χ0) is 15.4. The summed E-state index contributed by atoms with van der Waals surface area (Å²) >= 11 is 0. The molecule has 116 valence electrons. The number of rotatable bonds is 5. The molecule has 8 heteroatoms. The Bertz CT molecular complexity index is 369. The molecule has 8 nitrogen and oxygen atoms in total. The molecule has 4 N–H and O–H groups in total. The van der Waals surface area contributed by atoms with Gasteiger partial charge in [0.25, 0.3) is 0 Å². The monoisotopic (exact) mass is 291 g/mol. The normalized spacial score (nSPS) is 35.4. The minimum Gasteiger partial charge on any atom is -0.479 e. The molecule has 0 aromatic rings. The Balaban J connectivity index is 2.99. The standard InChI is InChI=1S/C12H21NO7/c1-5(2)13-8-10(19-6(3)11(16)17)9(15)7(4-14)20-12(8)18/h6-10,12,14-15,18H,4H2,1-3H3,(H,16,17)/t6-,7-,8-,9-,10-,12?/m1/s1. The number of aliphatic carboxylic acids is 1. The van der Waals surface area contributed by atoms with Gasteiger partial charge in [0, 0.05) is 5.71 Å². The summed E-state index contributed by atoms with van der Waals surface area (Å²) in [6.45, 7) is 4.16. The van der Waals surface area contributed by atoms with Crippen molar-refractivity contribution in [3.05, 3.63) is 0 Å². The van der Waals surface area contributed by atoms with Crippen LogP contribution in [0.2, 0.25) is 0 Å². The predicted octanol–water partition coefficient (Wildman–Crippen LogP) is -1.24. The highest BCUT2D eigenvalue weighted by Gasteiger charge is 2.46. The fraction of sp³-hybridized carbons (Fsp3) is 0.833. The second kappa shape index (κ2) is 7.09. The van der Waals surface area contributed by atoms with E-state index in [1.807, 2.05) is 0 Å². The maximum atomic E-state index is 10.9. The maximum absolute atomic E-state index is 10.9. The Morgan fingerprint density at radius 1 is 1.40 bits per heavy atom. The number of carboxylic acids is 1. The summed E-state index contributed by atoms with van der Waals surface area (Å²) in [4.78, 5) is 15.0. The van der Waals surface area contributed by atoms with Crippen molar-refractivity contribution >= 4 is 11.7 Å². The lowest BCUT2D eigenvalue weighted by Gasteiger charge is -2.41. The molecule has 0 bridgehead atoms. The summed E-state index contributed by atoms with van der Waals surface area (Å²) in [7, 11) is 0. The average Bonchev–Trinajstić information content (AvgIpc) is 2.36. The van der Waals surface area contributed by atoms with E-state index in [1.165, 1.54) is 6.92 Å². The third-order valence-electron chi connectivity index (χ3n) is 2.96. The first-order chi connectivity index (χ1) is 9.27. The Morgan fingerprint density at radius 3 is 2.45 bits per heavy atom. The van der Waals surface area contributed by atoms with Gasteiger partial charge in [-0.15, -0.1) is 0 Å². The van der Waals surface area contributed by atoms with Crippen LogP contribution in [0.5, 0.6) is 0 Å². The molecule has 1 heterocycles. The number of carboxylic acid groups (broad SMARTS) is 1. The molecule has 1 rings (SSSR count). The first kappa shape index (κ1) is 17.0. The number of aliphatic hydroxyl groups excluding tert-OH is 3. The van der Waals surface area contributed by atoms with Crippen molar-refractivity contribution < 1.29 is 34.7 Å². The second-order valence-electron chi connectivity index (χ2n) is 4.89. The first-order valence-electron chi connectivity index (χ1n) is 6.29. The van der Waals surface area contributed by atoms with Crippen LogP contribution in [0.1, 0.15) is 20.8 Å². The summed E-state index contributed by atoms with van der Waals surface area (Å²) in [5, 5.41) is 37.9. The lowest BCUT2D eigenvalue weighted by atomic mass is 9.97. The molecule has 1 saturated heterocycles. The Labute approximate surface area is 116 Å². The Kier molecular flexibility index (Phi) is 6.03. The minimum atomic E-state index is -1.39. The molecule has 0 amide bonds. The van der Waals surface area contributed by atoms with E-state index in [1.54, 1.807) is 13.8 Å². The van der Waals surface area contributed by atoms with Crippen molar-refractivity contribution in [1.82, 2.24) is 0 Å². The third-order valence-corrected chi connectivity index (χ3v) is 2.96. The van der Waals surface area contributed by atoms with E-state index in [2.05, 4.69) is 4.99 Å². The van der Waals surface area contributed by atoms with Crippen LogP contribution in [-0.4, -0.2) is 75.5 Å². The third kappa shape index (κ3) is 3.97. The lowest BCUT2D eigenvalue weighted by molar-refractivity contribution is -0.262. The number of hydrogen-bond acceptors (Lipinski definition) is 7. The minimum absolute atomic E-state index is 0.527. The largest absolute Gasteiger partial charge is 0.479 e. The fourth-order valence-electron chi connectivity index (χ4n) is 1.96. The average molecular weight is 291 g/mol. The van der Waals surface area contributed by atoms with Crippen molar-refractivity contribution in [2.75, 3.05) is 6.61 Å². The summed E-state index contributed by atoms with van der Waals surface area (Å²) < 4.78 is 10.3. The van der Waals surface area contributed by atoms with Gasteiger partial charge in [-0.05, 0) is 20.8 Å². The molecule has 6 atom stereocenters. The number of aliphatic hydroxyl groups is 3. The molecule has 0 spiro atoms. The molecule has 0 aromatic carbocycles. The van der Waals surface area contributed by atoms with E-state index in [0.717, 1.165) is 0 Å². The van der Waals surface area contributed by atoms with Crippen LogP contribution in [-0.2, 0) is 14.3 Å². The first-order valence-corrected chi connectivity index (χ1v) is 6.29. The summed E-state index contributed by atoms with van der Waals surface area (Å²) in [6.07, 6.45) is -6.01. The quantitative estimate of drug-likeness (QED) is 0.466. The van der Waals surface area contributed by atoms with Crippen LogP contribution in [0.4, 0.5) is 0 Å². The van der Waals surface area contributed by atoms with E-state index in [-0.39, 0.29) is 0 Å². The van der Waals surface area contributed by atoms with Crippen LogP contribution < -0.4 is 0 Å². The van der Waals surface area contributed by atoms with Crippen molar-refractivity contribution in [3.63, 3.8) is 0 Å². The van der Waals surface area contributed by atoms with E-state index in [4.69, 9.17) is 19.7 Å².